The van der Waals surface area contributed by atoms with Crippen molar-refractivity contribution < 1.29 is 9.47 Å². The molecule has 0 aromatic heterocycles. The van der Waals surface area contributed by atoms with Gasteiger partial charge in [-0.3, -0.25) is 4.99 Å². The molecule has 1 aromatic carbocycles. The van der Waals surface area contributed by atoms with Gasteiger partial charge in [-0.1, -0.05) is 12.1 Å². The smallest absolute Gasteiger partial charge is 0.231 e. The van der Waals surface area contributed by atoms with Gasteiger partial charge in [0, 0.05) is 31.6 Å². The molecule has 0 aliphatic carbocycles. The van der Waals surface area contributed by atoms with Gasteiger partial charge in [-0.25, -0.2) is 0 Å². The van der Waals surface area contributed by atoms with Crippen LogP contribution >= 0.6 is 35.7 Å². The number of benzene rings is 1. The average molecular weight is 449 g/mol. The summed E-state index contributed by atoms with van der Waals surface area (Å²) in [6.07, 6.45) is 2.83. The van der Waals surface area contributed by atoms with E-state index >= 15 is 0 Å². The van der Waals surface area contributed by atoms with Crippen molar-refractivity contribution in [1.29, 1.82) is 0 Å². The molecule has 1 aromatic rings. The number of guanidine groups is 1. The third-order valence-electron chi connectivity index (χ3n) is 3.14. The number of nitrogens with one attached hydrogen (secondary N) is 2. The van der Waals surface area contributed by atoms with Crippen molar-refractivity contribution in [3.8, 4) is 11.5 Å². The molecule has 0 atom stereocenters. The van der Waals surface area contributed by atoms with Gasteiger partial charge < -0.3 is 20.1 Å². The highest BCUT2D eigenvalue weighted by atomic mass is 127. The van der Waals surface area contributed by atoms with E-state index in [2.05, 4.69) is 28.3 Å². The predicted molar refractivity (Wildman–Crippen MR) is 109 cm³/mol. The molecule has 2 rings (SSSR count). The molecule has 1 aliphatic rings. The number of hydrogen-bond acceptors (Lipinski definition) is 4. The third kappa shape index (κ3) is 6.90. The fraction of sp³-hybridized carbons (Fsp3) is 0.438. The Balaban J connectivity index is 0.00000264. The van der Waals surface area contributed by atoms with E-state index in [0.717, 1.165) is 48.5 Å². The van der Waals surface area contributed by atoms with Gasteiger partial charge in [0.2, 0.25) is 6.79 Å². The van der Waals surface area contributed by atoms with Crippen molar-refractivity contribution in [3.05, 3.63) is 36.4 Å². The minimum atomic E-state index is 0. The number of rotatable bonds is 8. The summed E-state index contributed by atoms with van der Waals surface area (Å²) in [7, 11) is 1.78. The summed E-state index contributed by atoms with van der Waals surface area (Å²) in [5.74, 6) is 4.51. The fourth-order valence-corrected chi connectivity index (χ4v) is 2.63. The molecule has 128 valence electrons. The quantitative estimate of drug-likeness (QED) is 0.210. The van der Waals surface area contributed by atoms with Gasteiger partial charge in [-0.15, -0.1) is 30.6 Å². The minimum absolute atomic E-state index is 0. The number of aliphatic imine (C=N–C) groups is 1. The maximum Gasteiger partial charge on any atom is 0.231 e. The van der Waals surface area contributed by atoms with E-state index in [9.17, 15) is 0 Å². The Labute approximate surface area is 159 Å². The van der Waals surface area contributed by atoms with E-state index < -0.39 is 0 Å². The SMILES string of the molecule is C=CCSCCNC(=NC)NCCc1ccc2c(c1)OCO2.I. The second-order valence-corrected chi connectivity index (χ2v) is 5.88. The molecule has 7 heteroatoms. The second kappa shape index (κ2) is 11.4. The zero-order chi connectivity index (χ0) is 15.6. The van der Waals surface area contributed by atoms with Gasteiger partial charge in [0.1, 0.15) is 0 Å². The normalized spacial score (nSPS) is 12.5. The fourth-order valence-electron chi connectivity index (χ4n) is 2.05. The lowest BCUT2D eigenvalue weighted by atomic mass is 10.1. The molecule has 0 fully saturated rings. The molecule has 0 saturated carbocycles. The van der Waals surface area contributed by atoms with E-state index in [4.69, 9.17) is 9.47 Å². The molecule has 0 radical (unpaired) electrons. The molecule has 5 nitrogen and oxygen atoms in total. The Kier molecular flexibility index (Phi) is 9.93. The molecule has 23 heavy (non-hydrogen) atoms. The van der Waals surface area contributed by atoms with Gasteiger partial charge >= 0.3 is 0 Å². The standard InChI is InChI=1S/C16H23N3O2S.HI/c1-3-9-22-10-8-19-16(17-2)18-7-6-13-4-5-14-15(11-13)21-12-20-14;/h3-5,11H,1,6-10,12H2,2H3,(H2,17,18,19);1H. The van der Waals surface area contributed by atoms with Gasteiger partial charge in [-0.2, -0.15) is 11.8 Å². The first-order valence-electron chi connectivity index (χ1n) is 7.35. The first-order valence-corrected chi connectivity index (χ1v) is 8.50. The van der Waals surface area contributed by atoms with Crippen molar-refractivity contribution in [1.82, 2.24) is 10.6 Å². The summed E-state index contributed by atoms with van der Waals surface area (Å²) >= 11 is 1.85. The topological polar surface area (TPSA) is 54.9 Å². The van der Waals surface area contributed by atoms with Crippen molar-refractivity contribution in [2.24, 2.45) is 4.99 Å². The molecule has 0 amide bonds. The summed E-state index contributed by atoms with van der Waals surface area (Å²) in [6, 6.07) is 6.06. The van der Waals surface area contributed by atoms with Crippen molar-refractivity contribution in [2.45, 2.75) is 6.42 Å². The molecule has 2 N–H and O–H groups in total. The molecule has 1 aliphatic heterocycles. The van der Waals surface area contributed by atoms with Gasteiger partial charge in [0.25, 0.3) is 0 Å². The Hall–Kier alpha value is -1.09. The highest BCUT2D eigenvalue weighted by Crippen LogP contribution is 2.32. The van der Waals surface area contributed by atoms with E-state index in [-0.39, 0.29) is 24.0 Å². The first-order chi connectivity index (χ1) is 10.8. The number of fused-ring (bicyclic) bond motifs is 1. The number of ether oxygens (including phenoxy) is 2. The zero-order valence-electron chi connectivity index (χ0n) is 13.3. The van der Waals surface area contributed by atoms with Crippen molar-refractivity contribution >= 4 is 41.7 Å². The predicted octanol–water partition coefficient (Wildman–Crippen LogP) is 2.66. The van der Waals surface area contributed by atoms with Crippen LogP contribution in [0.3, 0.4) is 0 Å². The van der Waals surface area contributed by atoms with Gasteiger partial charge in [0.15, 0.2) is 17.5 Å². The van der Waals surface area contributed by atoms with E-state index in [1.54, 1.807) is 7.05 Å². The number of hydrogen-bond donors (Lipinski definition) is 2. The Morgan fingerprint density at radius 1 is 1.30 bits per heavy atom. The monoisotopic (exact) mass is 449 g/mol. The van der Waals surface area contributed by atoms with E-state index in [1.165, 1.54) is 5.56 Å². The molecule has 0 saturated heterocycles. The van der Waals surface area contributed by atoms with Crippen LogP contribution in [0.25, 0.3) is 0 Å². The number of halogens is 1. The van der Waals surface area contributed by atoms with E-state index in [0.29, 0.717) is 6.79 Å². The minimum Gasteiger partial charge on any atom is -0.454 e. The van der Waals surface area contributed by atoms with Gasteiger partial charge in [-0.05, 0) is 24.1 Å². The van der Waals surface area contributed by atoms with Crippen molar-refractivity contribution in [3.63, 3.8) is 0 Å². The van der Waals surface area contributed by atoms with Crippen LogP contribution in [0.15, 0.2) is 35.8 Å². The van der Waals surface area contributed by atoms with Crippen LogP contribution in [0.1, 0.15) is 5.56 Å². The zero-order valence-corrected chi connectivity index (χ0v) is 16.5. The van der Waals surface area contributed by atoms with Crippen molar-refractivity contribution in [2.75, 3.05) is 38.4 Å². The number of thioether (sulfide) groups is 1. The first kappa shape index (κ1) is 20.0. The Morgan fingerprint density at radius 2 is 2.09 bits per heavy atom. The summed E-state index contributed by atoms with van der Waals surface area (Å²) in [5, 5.41) is 6.61. The molecule has 1 heterocycles. The average Bonchev–Trinajstić information content (AvgIpc) is 3.00. The third-order valence-corrected chi connectivity index (χ3v) is 4.11. The lowest BCUT2D eigenvalue weighted by Gasteiger charge is -2.11. The molecule has 0 spiro atoms. The summed E-state index contributed by atoms with van der Waals surface area (Å²) in [6.45, 7) is 5.73. The van der Waals surface area contributed by atoms with Crippen LogP contribution in [-0.2, 0) is 6.42 Å². The van der Waals surface area contributed by atoms with E-state index in [1.807, 2.05) is 30.0 Å². The molecular formula is C16H24IN3O2S. The maximum absolute atomic E-state index is 5.38. The molecule has 0 unspecified atom stereocenters. The van der Waals surface area contributed by atoms with Crippen LogP contribution in [-0.4, -0.2) is 44.4 Å². The summed E-state index contributed by atoms with van der Waals surface area (Å²) in [5.41, 5.74) is 1.22. The Bertz CT molecular complexity index is 526. The highest BCUT2D eigenvalue weighted by molar-refractivity contribution is 14.0. The highest BCUT2D eigenvalue weighted by Gasteiger charge is 2.12. The van der Waals surface area contributed by atoms with Crippen LogP contribution < -0.4 is 20.1 Å². The van der Waals surface area contributed by atoms with Crippen LogP contribution in [0.5, 0.6) is 11.5 Å². The Morgan fingerprint density at radius 3 is 2.87 bits per heavy atom. The maximum atomic E-state index is 5.38. The van der Waals surface area contributed by atoms with Crippen LogP contribution in [0, 0.1) is 0 Å². The summed E-state index contributed by atoms with van der Waals surface area (Å²) < 4.78 is 10.7. The largest absolute Gasteiger partial charge is 0.454 e. The molecule has 0 bridgehead atoms. The summed E-state index contributed by atoms with van der Waals surface area (Å²) in [4.78, 5) is 4.22. The second-order valence-electron chi connectivity index (χ2n) is 4.73. The van der Waals surface area contributed by atoms with Gasteiger partial charge in [0.05, 0.1) is 0 Å². The molecular weight excluding hydrogens is 425 g/mol. The lowest BCUT2D eigenvalue weighted by molar-refractivity contribution is 0.174. The lowest BCUT2D eigenvalue weighted by Crippen LogP contribution is -2.39. The van der Waals surface area contributed by atoms with Crippen LogP contribution in [0.4, 0.5) is 0 Å². The number of nitrogens with zero attached hydrogens (tertiary/aromatic N) is 1. The van der Waals surface area contributed by atoms with Crippen LogP contribution in [0.2, 0.25) is 0 Å².